The van der Waals surface area contributed by atoms with E-state index in [4.69, 9.17) is 58.2 Å². The molecular weight excluding hydrogens is 395 g/mol. The van der Waals surface area contributed by atoms with Crippen molar-refractivity contribution in [3.05, 3.63) is 0 Å². The van der Waals surface area contributed by atoms with E-state index in [1.165, 1.54) is 0 Å². The van der Waals surface area contributed by atoms with Crippen LogP contribution in [0, 0.1) is 0 Å². The molecule has 0 bridgehead atoms. The van der Waals surface area contributed by atoms with Gasteiger partial charge >= 0.3 is 16.5 Å². The summed E-state index contributed by atoms with van der Waals surface area (Å²) in [6.07, 6.45) is 0. The van der Waals surface area contributed by atoms with Crippen LogP contribution in [0.15, 0.2) is 0 Å². The molecule has 0 aliphatic heterocycles. The third kappa shape index (κ3) is 714. The van der Waals surface area contributed by atoms with Crippen LogP contribution in [0.4, 0.5) is 0 Å². The second kappa shape index (κ2) is 1040. The molecule has 0 fully saturated rings. The summed E-state index contributed by atoms with van der Waals surface area (Å²) in [5.41, 5.74) is 0. The first-order chi connectivity index (χ1) is 11.5. The maximum atomic E-state index is 8.89. The maximum Gasteiger partial charge on any atom is 2.00 e. The summed E-state index contributed by atoms with van der Waals surface area (Å²) in [6, 6.07) is 0. The Kier molecular flexibility index (Phi) is 3380. The smallest absolute Gasteiger partial charge is 0.550 e. The van der Waals surface area contributed by atoms with Gasteiger partial charge < -0.3 is 58.2 Å². The molecule has 12 nitrogen and oxygen atoms in total. The first-order valence-electron chi connectivity index (χ1n) is 4.13. The molecule has 0 amide bonds. The van der Waals surface area contributed by atoms with Gasteiger partial charge in [0.15, 0.2) is 0 Å². The minimum Gasteiger partial charge on any atom is -0.550 e. The summed E-state index contributed by atoms with van der Waals surface area (Å²) < 4.78 is 0. The van der Waals surface area contributed by atoms with Gasteiger partial charge in [-0.05, 0) is 13.8 Å². The minimum atomic E-state index is -1.08. The van der Waals surface area contributed by atoms with E-state index in [-0.39, 0.29) is 16.5 Å². The Morgan fingerprint density at radius 2 is 0.440 bits per heavy atom. The largest absolute Gasteiger partial charge is 2.00 e. The molecule has 25 heavy (non-hydrogen) atoms. The van der Waals surface area contributed by atoms with Gasteiger partial charge in [0.05, 0.1) is 0 Å². The Labute approximate surface area is 155 Å². The van der Waals surface area contributed by atoms with Crippen molar-refractivity contribution in [2.24, 2.45) is 0 Å². The van der Waals surface area contributed by atoms with E-state index in [1.54, 1.807) is 0 Å². The van der Waals surface area contributed by atoms with Crippen molar-refractivity contribution in [3.8, 4) is 0 Å². The zero-order valence-corrected chi connectivity index (χ0v) is 14.9. The molecule has 13 heteroatoms. The molecule has 0 aliphatic rings. The molecule has 0 saturated heterocycles. The van der Waals surface area contributed by atoms with E-state index in [2.05, 4.69) is 0 Å². The van der Waals surface area contributed by atoms with Crippen LogP contribution in [0.2, 0.25) is 0 Å². The van der Waals surface area contributed by atoms with Gasteiger partial charge in [0, 0.05) is 11.9 Å². The Morgan fingerprint density at radius 3 is 0.440 bits per heavy atom. The zero-order chi connectivity index (χ0) is 23.2. The summed E-state index contributed by atoms with van der Waals surface area (Å²) >= 11 is 0. The number of hydrogen-bond acceptors (Lipinski definition) is 12. The molecule has 0 heterocycles. The third-order valence-corrected chi connectivity index (χ3v) is 0. The van der Waals surface area contributed by atoms with Crippen LogP contribution in [0.3, 0.4) is 0 Å². The maximum absolute atomic E-state index is 8.89. The van der Waals surface area contributed by atoms with E-state index in [0.717, 1.165) is 13.8 Å². The molecular formula is C12H22NiO12. The topological polar surface area (TPSA) is 217 Å². The monoisotopic (exact) mass is 416 g/mol. The van der Waals surface area contributed by atoms with Crippen LogP contribution in [0.5, 0.6) is 0 Å². The van der Waals surface area contributed by atoms with Crippen molar-refractivity contribution in [3.63, 3.8) is 0 Å². The summed E-state index contributed by atoms with van der Waals surface area (Å²) in [5.74, 6) is -2.17. The Hall–Kier alpha value is -3.21. The average molecular weight is 417 g/mol. The second-order valence-electron chi connectivity index (χ2n) is 0.983. The molecule has 0 saturated carbocycles. The van der Waals surface area contributed by atoms with Crippen LogP contribution in [-0.4, -0.2) is 66.3 Å². The summed E-state index contributed by atoms with van der Waals surface area (Å²) in [6.45, 7) is 17.9. The van der Waals surface area contributed by atoms with E-state index in [0.29, 0.717) is 0 Å². The van der Waals surface area contributed by atoms with Crippen LogP contribution < -0.4 is 10.2 Å². The number of aliphatic carboxylic acids is 2. The van der Waals surface area contributed by atoms with Gasteiger partial charge in [0.1, 0.15) is 54.3 Å². The van der Waals surface area contributed by atoms with Gasteiger partial charge in [-0.1, -0.05) is 0 Å². The van der Waals surface area contributed by atoms with Crippen LogP contribution in [0.25, 0.3) is 0 Å². The zero-order valence-electron chi connectivity index (χ0n) is 13.9. The van der Waals surface area contributed by atoms with E-state index in [9.17, 15) is 0 Å². The molecule has 0 aromatic heterocycles. The van der Waals surface area contributed by atoms with E-state index in [1.807, 2.05) is 54.3 Å². The number of hydrogen-bond donors (Lipinski definition) is 0. The van der Waals surface area contributed by atoms with Gasteiger partial charge in [0.25, 0.3) is 0 Å². The first-order valence-corrected chi connectivity index (χ1v) is 4.13. The standard InChI is InChI=1S/2C2H4O2.8CH2O.Ni/c2*1-2(3)4;8*1-2;/h2*1H3,(H,3,4);8*1H2;/q;;;;;;;;;;+2/p-2. The Morgan fingerprint density at radius 1 is 0.440 bits per heavy atom. The second-order valence-corrected chi connectivity index (χ2v) is 0.983. The Balaban J connectivity index is -0.00000000986. The number of carbonyl (C=O) groups is 10. The fraction of sp³-hybridized carbons (Fsp3) is 0.167. The fourth-order valence-electron chi connectivity index (χ4n) is 0. The van der Waals surface area contributed by atoms with Gasteiger partial charge in [-0.25, -0.2) is 0 Å². The van der Waals surface area contributed by atoms with Gasteiger partial charge in [-0.2, -0.15) is 0 Å². The molecule has 0 aromatic rings. The minimum absolute atomic E-state index is 0. The van der Waals surface area contributed by atoms with Crippen molar-refractivity contribution >= 4 is 66.3 Å². The first kappa shape index (κ1) is 80.9. The van der Waals surface area contributed by atoms with Gasteiger partial charge in [-0.3, -0.25) is 0 Å². The molecule has 0 unspecified atom stereocenters. The third-order valence-electron chi connectivity index (χ3n) is 0. The predicted molar refractivity (Wildman–Crippen MR) is 78.3 cm³/mol. The van der Waals surface area contributed by atoms with Crippen molar-refractivity contribution in [2.45, 2.75) is 13.8 Å². The Bertz CT molecular complexity index is 151. The molecule has 0 N–H and O–H groups in total. The van der Waals surface area contributed by atoms with Gasteiger partial charge in [0.2, 0.25) is 0 Å². The molecule has 0 rings (SSSR count). The summed E-state index contributed by atoms with van der Waals surface area (Å²) in [7, 11) is 0. The molecule has 0 aliphatic carbocycles. The quantitative estimate of drug-likeness (QED) is 0.345. The van der Waals surface area contributed by atoms with Crippen LogP contribution in [0.1, 0.15) is 13.8 Å². The average Bonchev–Trinajstić information content (AvgIpc) is 2.67. The van der Waals surface area contributed by atoms with Crippen molar-refractivity contribution in [1.29, 1.82) is 0 Å². The van der Waals surface area contributed by atoms with E-state index >= 15 is 0 Å². The number of carbonyl (C=O) groups excluding carboxylic acids is 10. The molecule has 152 valence electrons. The van der Waals surface area contributed by atoms with Crippen molar-refractivity contribution in [2.75, 3.05) is 0 Å². The number of carboxylic acids is 2. The normalized spacial score (nSPS) is 3.28. The summed E-state index contributed by atoms with van der Waals surface area (Å²) in [5, 5.41) is 17.8. The fourth-order valence-corrected chi connectivity index (χ4v) is 0. The van der Waals surface area contributed by atoms with Crippen LogP contribution in [-0.2, 0) is 64.4 Å². The van der Waals surface area contributed by atoms with E-state index < -0.39 is 11.9 Å². The molecule has 0 radical (unpaired) electrons. The van der Waals surface area contributed by atoms with Crippen molar-refractivity contribution in [1.82, 2.24) is 0 Å². The molecule has 0 aromatic carbocycles. The van der Waals surface area contributed by atoms with Crippen molar-refractivity contribution < 1.29 is 74.6 Å². The predicted octanol–water partition coefficient (Wildman–Crippen LogP) is -3.97. The summed E-state index contributed by atoms with van der Waals surface area (Å²) in [4.78, 5) is 81.8. The van der Waals surface area contributed by atoms with Gasteiger partial charge in [-0.15, -0.1) is 0 Å². The SMILES string of the molecule is C=O.C=O.C=O.C=O.C=O.C=O.C=O.C=O.CC(=O)[O-].CC(=O)[O-].[Ni+2]. The van der Waals surface area contributed by atoms with Crippen LogP contribution >= 0.6 is 0 Å². The number of carboxylic acid groups (broad SMARTS) is 2. The molecule has 0 atom stereocenters. The number of rotatable bonds is 0. The molecule has 0 spiro atoms.